The summed E-state index contributed by atoms with van der Waals surface area (Å²) in [5.41, 5.74) is 1.23. The molecule has 0 aromatic carbocycles. The first kappa shape index (κ1) is 24.8. The lowest BCUT2D eigenvalue weighted by Gasteiger charge is -2.31. The zero-order valence-corrected chi connectivity index (χ0v) is 21.0. The van der Waals surface area contributed by atoms with E-state index in [0.29, 0.717) is 12.0 Å². The van der Waals surface area contributed by atoms with E-state index in [0.717, 1.165) is 70.8 Å². The van der Waals surface area contributed by atoms with Crippen LogP contribution >= 0.6 is 35.3 Å². The summed E-state index contributed by atoms with van der Waals surface area (Å²) in [7, 11) is 0. The number of thiazole rings is 1. The van der Waals surface area contributed by atoms with Gasteiger partial charge in [0.25, 0.3) is 0 Å². The first-order chi connectivity index (χ1) is 13.7. The van der Waals surface area contributed by atoms with E-state index in [9.17, 15) is 5.11 Å². The fourth-order valence-corrected chi connectivity index (χ4v) is 4.83. The number of aliphatic imine (C=N–C) groups is 1. The van der Waals surface area contributed by atoms with E-state index < -0.39 is 0 Å². The summed E-state index contributed by atoms with van der Waals surface area (Å²) in [5, 5.41) is 20.1. The summed E-state index contributed by atoms with van der Waals surface area (Å²) in [5.74, 6) is 1.61. The Hall–Kier alpha value is -0.450. The molecular weight excluding hydrogens is 497 g/mol. The van der Waals surface area contributed by atoms with Gasteiger partial charge in [-0.1, -0.05) is 6.92 Å². The van der Waals surface area contributed by atoms with Crippen molar-refractivity contribution in [1.29, 1.82) is 0 Å². The Kier molecular flexibility index (Phi) is 11.2. The Morgan fingerprint density at radius 1 is 1.21 bits per heavy atom. The van der Waals surface area contributed by atoms with Crippen LogP contribution in [0.4, 0.5) is 0 Å². The molecule has 0 spiro atoms. The zero-order chi connectivity index (χ0) is 19.8. The number of aliphatic hydroxyl groups is 1. The van der Waals surface area contributed by atoms with Crippen LogP contribution in [0.5, 0.6) is 0 Å². The first-order valence-electron chi connectivity index (χ1n) is 11.0. The molecular formula is C21H38IN5OS. The molecule has 29 heavy (non-hydrogen) atoms. The summed E-state index contributed by atoms with van der Waals surface area (Å²) in [6, 6.07) is 0.439. The van der Waals surface area contributed by atoms with Gasteiger partial charge in [0, 0.05) is 31.1 Å². The van der Waals surface area contributed by atoms with Crippen LogP contribution in [-0.2, 0) is 13.0 Å². The molecule has 0 bridgehead atoms. The number of piperidine rings is 1. The van der Waals surface area contributed by atoms with Crippen molar-refractivity contribution in [2.75, 3.05) is 26.2 Å². The van der Waals surface area contributed by atoms with Crippen LogP contribution in [0.25, 0.3) is 0 Å². The van der Waals surface area contributed by atoms with Gasteiger partial charge < -0.3 is 15.7 Å². The van der Waals surface area contributed by atoms with E-state index in [1.807, 2.05) is 0 Å². The second kappa shape index (κ2) is 13.1. The van der Waals surface area contributed by atoms with Gasteiger partial charge in [-0.25, -0.2) is 4.98 Å². The number of aryl methyl sites for hydroxylation is 1. The molecule has 3 N–H and O–H groups in total. The van der Waals surface area contributed by atoms with Crippen LogP contribution in [-0.4, -0.2) is 59.3 Å². The molecule has 3 rings (SSSR count). The van der Waals surface area contributed by atoms with E-state index >= 15 is 0 Å². The number of likely N-dealkylation sites (tertiary alicyclic amines) is 1. The largest absolute Gasteiger partial charge is 0.393 e. The molecule has 1 aliphatic carbocycles. The van der Waals surface area contributed by atoms with Crippen molar-refractivity contribution in [2.24, 2.45) is 10.9 Å². The van der Waals surface area contributed by atoms with Gasteiger partial charge in [0.1, 0.15) is 0 Å². The smallest absolute Gasteiger partial charge is 0.191 e. The van der Waals surface area contributed by atoms with E-state index in [1.54, 1.807) is 11.3 Å². The quantitative estimate of drug-likeness (QED) is 0.284. The summed E-state index contributed by atoms with van der Waals surface area (Å²) in [6.45, 7) is 9.34. The average molecular weight is 536 g/mol. The second-order valence-electron chi connectivity index (χ2n) is 8.18. The van der Waals surface area contributed by atoms with Crippen LogP contribution in [0.2, 0.25) is 0 Å². The van der Waals surface area contributed by atoms with Gasteiger partial charge in [-0.2, -0.15) is 0 Å². The molecule has 8 heteroatoms. The fourth-order valence-electron chi connectivity index (χ4n) is 4.09. The number of nitrogens with one attached hydrogen (secondary N) is 2. The molecule has 1 aromatic rings. The second-order valence-corrected chi connectivity index (χ2v) is 9.12. The summed E-state index contributed by atoms with van der Waals surface area (Å²) in [4.78, 5) is 12.1. The maximum atomic E-state index is 9.69. The molecule has 2 fully saturated rings. The zero-order valence-electron chi connectivity index (χ0n) is 17.9. The lowest BCUT2D eigenvalue weighted by Crippen LogP contribution is -2.45. The normalized spacial score (nSPS) is 24.2. The maximum Gasteiger partial charge on any atom is 0.191 e. The van der Waals surface area contributed by atoms with Crippen molar-refractivity contribution in [2.45, 2.75) is 77.5 Å². The molecule has 1 aliphatic heterocycles. The van der Waals surface area contributed by atoms with Gasteiger partial charge in [-0.15, -0.1) is 35.3 Å². The molecule has 166 valence electrons. The fraction of sp³-hybridized carbons (Fsp3) is 0.810. The number of guanidine groups is 1. The Morgan fingerprint density at radius 2 is 1.93 bits per heavy atom. The Bertz CT molecular complexity index is 610. The van der Waals surface area contributed by atoms with E-state index in [-0.39, 0.29) is 30.1 Å². The lowest BCUT2D eigenvalue weighted by molar-refractivity contribution is 0.120. The third kappa shape index (κ3) is 8.30. The minimum absolute atomic E-state index is 0. The van der Waals surface area contributed by atoms with Crippen LogP contribution in [0.1, 0.15) is 63.1 Å². The van der Waals surface area contributed by atoms with Crippen molar-refractivity contribution >= 4 is 41.3 Å². The highest BCUT2D eigenvalue weighted by Crippen LogP contribution is 2.21. The minimum atomic E-state index is -0.111. The van der Waals surface area contributed by atoms with E-state index in [2.05, 4.69) is 34.8 Å². The molecule has 6 nitrogen and oxygen atoms in total. The van der Waals surface area contributed by atoms with Crippen molar-refractivity contribution < 1.29 is 5.11 Å². The molecule has 0 amide bonds. The monoisotopic (exact) mass is 535 g/mol. The van der Waals surface area contributed by atoms with Gasteiger partial charge in [0.05, 0.1) is 16.8 Å². The van der Waals surface area contributed by atoms with Crippen LogP contribution in [0.3, 0.4) is 0 Å². The number of hydrogen-bond acceptors (Lipinski definition) is 5. The molecule has 2 heterocycles. The number of rotatable bonds is 7. The number of nitrogens with zero attached hydrogens (tertiary/aromatic N) is 3. The summed E-state index contributed by atoms with van der Waals surface area (Å²) >= 11 is 1.79. The van der Waals surface area contributed by atoms with Crippen molar-refractivity contribution in [3.8, 4) is 0 Å². The van der Waals surface area contributed by atoms with Gasteiger partial charge >= 0.3 is 0 Å². The topological polar surface area (TPSA) is 72.8 Å². The molecule has 1 saturated carbocycles. The van der Waals surface area contributed by atoms with Crippen LogP contribution in [0.15, 0.2) is 10.4 Å². The number of hydrogen-bond donors (Lipinski definition) is 3. The Labute approximate surface area is 197 Å². The Morgan fingerprint density at radius 3 is 2.55 bits per heavy atom. The predicted molar refractivity (Wildman–Crippen MR) is 132 cm³/mol. The third-order valence-corrected chi connectivity index (χ3v) is 6.93. The van der Waals surface area contributed by atoms with E-state index in [1.165, 1.54) is 23.5 Å². The average Bonchev–Trinajstić information content (AvgIpc) is 3.17. The minimum Gasteiger partial charge on any atom is -0.393 e. The van der Waals surface area contributed by atoms with Crippen molar-refractivity contribution in [3.05, 3.63) is 16.1 Å². The summed E-state index contributed by atoms with van der Waals surface area (Å²) in [6.07, 6.45) is 7.20. The standard InChI is InChI=1S/C21H37N5OS.HI/c1-3-20-24-18(15-28-20)14-26-11-9-16(10-12-26)13-23-21(22-4-2)25-17-5-7-19(27)8-6-17;/h15-17,19,27H,3-14H2,1-2H3,(H2,22,23,25);1H. The molecule has 2 aliphatic rings. The van der Waals surface area contributed by atoms with Crippen LogP contribution in [0, 0.1) is 5.92 Å². The predicted octanol–water partition coefficient (Wildman–Crippen LogP) is 3.39. The molecule has 1 aromatic heterocycles. The van der Waals surface area contributed by atoms with Crippen LogP contribution < -0.4 is 10.6 Å². The van der Waals surface area contributed by atoms with Gasteiger partial charge in [-0.05, 0) is 70.9 Å². The Balaban J connectivity index is 0.00000300. The molecule has 1 saturated heterocycles. The summed E-state index contributed by atoms with van der Waals surface area (Å²) < 4.78 is 0. The highest BCUT2D eigenvalue weighted by Gasteiger charge is 2.22. The van der Waals surface area contributed by atoms with Crippen molar-refractivity contribution in [3.63, 3.8) is 0 Å². The molecule has 0 atom stereocenters. The highest BCUT2D eigenvalue weighted by molar-refractivity contribution is 14.0. The maximum absolute atomic E-state index is 9.69. The van der Waals surface area contributed by atoms with Gasteiger partial charge in [-0.3, -0.25) is 9.89 Å². The van der Waals surface area contributed by atoms with Gasteiger partial charge in [0.15, 0.2) is 5.96 Å². The first-order valence-corrected chi connectivity index (χ1v) is 11.9. The van der Waals surface area contributed by atoms with Crippen molar-refractivity contribution in [1.82, 2.24) is 20.5 Å². The number of aliphatic hydroxyl groups excluding tert-OH is 1. The third-order valence-electron chi connectivity index (χ3n) is 5.88. The van der Waals surface area contributed by atoms with Gasteiger partial charge in [0.2, 0.25) is 0 Å². The molecule has 0 unspecified atom stereocenters. The SMILES string of the molecule is CCNC(=NCC1CCN(Cc2csc(CC)n2)CC1)NC1CCC(O)CC1.I. The highest BCUT2D eigenvalue weighted by atomic mass is 127. The number of aromatic nitrogens is 1. The number of halogens is 1. The van der Waals surface area contributed by atoms with E-state index in [4.69, 9.17) is 9.98 Å². The lowest BCUT2D eigenvalue weighted by atomic mass is 9.93. The molecule has 0 radical (unpaired) electrons.